The molecule has 5 aliphatic heterocycles. The van der Waals surface area contributed by atoms with E-state index in [-0.39, 0.29) is 35.7 Å². The Kier molecular flexibility index (Phi) is 12.9. The van der Waals surface area contributed by atoms with Crippen LogP contribution in [0.5, 0.6) is 0 Å². The maximum absolute atomic E-state index is 14.0. The molecule has 3 aromatic rings. The molecule has 8 rings (SSSR count). The van der Waals surface area contributed by atoms with E-state index in [0.717, 1.165) is 70.7 Å². The molecule has 0 spiro atoms. The number of carbonyl (C=O) groups excluding carboxylic acids is 4. The van der Waals surface area contributed by atoms with Crippen LogP contribution in [0.2, 0.25) is 0 Å². The number of rotatable bonds is 11. The Balaban J connectivity index is 0.886. The van der Waals surface area contributed by atoms with E-state index in [1.165, 1.54) is 14.2 Å². The van der Waals surface area contributed by atoms with Crippen molar-refractivity contribution >= 4 is 35.3 Å². The lowest BCUT2D eigenvalue weighted by atomic mass is 9.90. The van der Waals surface area contributed by atoms with Crippen LogP contribution in [0.25, 0.3) is 28.0 Å². The van der Waals surface area contributed by atoms with Crippen LogP contribution in [-0.2, 0) is 28.5 Å². The quantitative estimate of drug-likeness (QED) is 0.213. The van der Waals surface area contributed by atoms with E-state index in [9.17, 15) is 19.2 Å². The van der Waals surface area contributed by atoms with E-state index in [4.69, 9.17) is 28.9 Å². The number of likely N-dealkylation sites (tertiary alicyclic amines) is 2. The normalized spacial score (nSPS) is 22.2. The fraction of sp³-hybridized carbons (Fsp3) is 0.511. The van der Waals surface area contributed by atoms with E-state index in [1.54, 1.807) is 0 Å². The fourth-order valence-electron chi connectivity index (χ4n) is 9.48. The average Bonchev–Trinajstić information content (AvgIpc) is 4.15. The van der Waals surface area contributed by atoms with Gasteiger partial charge >= 0.3 is 12.2 Å². The van der Waals surface area contributed by atoms with Crippen LogP contribution in [0.15, 0.2) is 65.9 Å². The summed E-state index contributed by atoms with van der Waals surface area (Å²) in [5, 5.41) is 5.64. The van der Waals surface area contributed by atoms with E-state index in [1.807, 2.05) is 22.2 Å². The summed E-state index contributed by atoms with van der Waals surface area (Å²) in [5.74, 6) is 0.509. The minimum Gasteiger partial charge on any atom is -0.453 e. The van der Waals surface area contributed by atoms with Gasteiger partial charge in [-0.3, -0.25) is 14.6 Å². The molecule has 0 bridgehead atoms. The zero-order chi connectivity index (χ0) is 41.6. The molecule has 5 aliphatic rings. The van der Waals surface area contributed by atoms with Gasteiger partial charge in [0.25, 0.3) is 0 Å². The average molecular weight is 822 g/mol. The largest absolute Gasteiger partial charge is 0.453 e. The molecule has 15 nitrogen and oxygen atoms in total. The lowest BCUT2D eigenvalue weighted by Gasteiger charge is -2.34. The number of aromatic amines is 1. The van der Waals surface area contributed by atoms with Crippen molar-refractivity contribution in [2.24, 2.45) is 16.8 Å². The molecule has 0 unspecified atom stereocenters. The van der Waals surface area contributed by atoms with Crippen molar-refractivity contribution in [2.45, 2.75) is 82.0 Å². The Labute approximate surface area is 350 Å². The van der Waals surface area contributed by atoms with Gasteiger partial charge in [0.15, 0.2) is 0 Å². The van der Waals surface area contributed by atoms with Gasteiger partial charge in [-0.15, -0.1) is 0 Å². The summed E-state index contributed by atoms with van der Waals surface area (Å²) < 4.78 is 20.8. The van der Waals surface area contributed by atoms with Gasteiger partial charge in [-0.2, -0.15) is 0 Å². The third-order valence-corrected chi connectivity index (χ3v) is 12.8. The van der Waals surface area contributed by atoms with Crippen molar-refractivity contribution in [1.82, 2.24) is 30.4 Å². The van der Waals surface area contributed by atoms with Crippen molar-refractivity contribution < 1.29 is 38.1 Å². The highest BCUT2D eigenvalue weighted by Gasteiger charge is 2.42. The number of H-pyrrole nitrogens is 1. The highest BCUT2D eigenvalue weighted by Crippen LogP contribution is 2.36. The van der Waals surface area contributed by atoms with Crippen molar-refractivity contribution in [3.8, 4) is 22.4 Å². The zero-order valence-corrected chi connectivity index (χ0v) is 34.4. The number of alkyl carbamates (subject to hydrolysis) is 2. The SMILES string of the molecule is COC(=O)N[C@H](C(=O)N1CCC[C@H]1C1=NC=C(c2ccc(-c3ccc(-c4cnc([C@@H]5CCCN5C(=O)[C@@H](NC(=O)OC)C5CCOCC5)[nH]4)cc3)cc2)C1)C1CCOCC1. The Morgan fingerprint density at radius 2 is 1.17 bits per heavy atom. The van der Waals surface area contributed by atoms with Crippen LogP contribution >= 0.6 is 0 Å². The molecule has 0 saturated carbocycles. The van der Waals surface area contributed by atoms with Crippen molar-refractivity contribution in [3.05, 3.63) is 72.3 Å². The number of benzene rings is 2. The summed E-state index contributed by atoms with van der Waals surface area (Å²) in [6, 6.07) is 15.1. The molecule has 6 heterocycles. The lowest BCUT2D eigenvalue weighted by Crippen LogP contribution is -2.55. The van der Waals surface area contributed by atoms with E-state index in [0.29, 0.717) is 71.6 Å². The predicted octanol–water partition coefficient (Wildman–Crippen LogP) is 5.89. The highest BCUT2D eigenvalue weighted by atomic mass is 16.5. The molecule has 60 heavy (non-hydrogen) atoms. The fourth-order valence-corrected chi connectivity index (χ4v) is 9.48. The van der Waals surface area contributed by atoms with Gasteiger partial charge in [0.1, 0.15) is 17.9 Å². The first-order chi connectivity index (χ1) is 29.3. The Bertz CT molecular complexity index is 2070. The molecule has 318 valence electrons. The number of imidazole rings is 1. The standard InChI is InChI=1S/C45H55N7O8/c1-57-44(55)49-39(32-15-21-59-22-16-32)42(53)51-19-3-5-37(51)35-25-34(26-46-35)30-9-7-28(8-10-30)29-11-13-31(14-12-29)36-27-47-41(48-36)38-6-4-20-52(38)43(54)40(50-45(56)58-2)33-17-23-60-24-18-33/h7-14,26-27,32-33,37-40H,3-6,15-25H2,1-2H3,(H,47,48)(H,49,55)(H,50,56)/t37-,38-,39-,40-/m0/s1. The van der Waals surface area contributed by atoms with Crippen molar-refractivity contribution in [2.75, 3.05) is 53.7 Å². The smallest absolute Gasteiger partial charge is 0.407 e. The number of aromatic nitrogens is 2. The van der Waals surface area contributed by atoms with Crippen LogP contribution in [-0.4, -0.2) is 121 Å². The van der Waals surface area contributed by atoms with Crippen molar-refractivity contribution in [3.63, 3.8) is 0 Å². The molecule has 0 aliphatic carbocycles. The topological polar surface area (TPSA) is 177 Å². The summed E-state index contributed by atoms with van der Waals surface area (Å²) in [6.07, 6.45) is 9.35. The number of aliphatic imine (C=N–C) groups is 1. The molecular formula is C45H55N7O8. The maximum Gasteiger partial charge on any atom is 0.407 e. The maximum atomic E-state index is 14.0. The predicted molar refractivity (Wildman–Crippen MR) is 224 cm³/mol. The number of carbonyl (C=O) groups is 4. The molecule has 3 N–H and O–H groups in total. The van der Waals surface area contributed by atoms with E-state index >= 15 is 0 Å². The molecule has 4 saturated heterocycles. The Hall–Kier alpha value is -5.54. The minimum atomic E-state index is -0.682. The van der Waals surface area contributed by atoms with Gasteiger partial charge in [-0.05, 0) is 91.0 Å². The molecule has 1 aromatic heterocycles. The van der Waals surface area contributed by atoms with Gasteiger partial charge in [-0.25, -0.2) is 14.6 Å². The van der Waals surface area contributed by atoms with Crippen LogP contribution in [0.3, 0.4) is 0 Å². The van der Waals surface area contributed by atoms with Gasteiger partial charge in [0, 0.05) is 57.8 Å². The zero-order valence-electron chi connectivity index (χ0n) is 34.4. The minimum absolute atomic E-state index is 0.00804. The Morgan fingerprint density at radius 3 is 1.70 bits per heavy atom. The summed E-state index contributed by atoms with van der Waals surface area (Å²) in [5.41, 5.74) is 7.18. The highest BCUT2D eigenvalue weighted by molar-refractivity contribution is 6.04. The third-order valence-electron chi connectivity index (χ3n) is 12.8. The number of hydrogen-bond donors (Lipinski definition) is 3. The first kappa shape index (κ1) is 41.2. The van der Waals surface area contributed by atoms with Gasteiger partial charge in [0.2, 0.25) is 11.8 Å². The number of allylic oxidation sites excluding steroid dienone is 1. The van der Waals surface area contributed by atoms with Gasteiger partial charge in [-0.1, -0.05) is 48.5 Å². The second-order valence-corrected chi connectivity index (χ2v) is 16.3. The van der Waals surface area contributed by atoms with Crippen LogP contribution in [0.4, 0.5) is 9.59 Å². The van der Waals surface area contributed by atoms with E-state index in [2.05, 4.69) is 64.1 Å². The number of nitrogens with one attached hydrogen (secondary N) is 3. The van der Waals surface area contributed by atoms with Crippen LogP contribution < -0.4 is 10.6 Å². The number of ether oxygens (including phenoxy) is 4. The molecule has 0 radical (unpaired) electrons. The second kappa shape index (κ2) is 18.8. The molecular weight excluding hydrogens is 767 g/mol. The summed E-state index contributed by atoms with van der Waals surface area (Å²) in [4.78, 5) is 69.3. The number of amides is 4. The molecule has 4 fully saturated rings. The molecule has 15 heteroatoms. The third kappa shape index (κ3) is 8.97. The van der Waals surface area contributed by atoms with Gasteiger partial charge in [0.05, 0.1) is 38.2 Å². The Morgan fingerprint density at radius 1 is 0.683 bits per heavy atom. The number of hydrogen-bond acceptors (Lipinski definition) is 10. The van der Waals surface area contributed by atoms with Crippen LogP contribution in [0, 0.1) is 11.8 Å². The first-order valence-corrected chi connectivity index (χ1v) is 21.3. The summed E-state index contributed by atoms with van der Waals surface area (Å²) >= 11 is 0. The van der Waals surface area contributed by atoms with E-state index < -0.39 is 24.3 Å². The van der Waals surface area contributed by atoms with Crippen molar-refractivity contribution in [1.29, 1.82) is 0 Å². The number of nitrogens with zero attached hydrogens (tertiary/aromatic N) is 4. The first-order valence-electron chi connectivity index (χ1n) is 21.3. The monoisotopic (exact) mass is 821 g/mol. The van der Waals surface area contributed by atoms with Gasteiger partial charge < -0.3 is 44.4 Å². The second-order valence-electron chi connectivity index (χ2n) is 16.3. The lowest BCUT2D eigenvalue weighted by molar-refractivity contribution is -0.137. The number of methoxy groups -OCH3 is 2. The molecule has 4 atom stereocenters. The summed E-state index contributed by atoms with van der Waals surface area (Å²) in [6.45, 7) is 3.49. The van der Waals surface area contributed by atoms with Crippen LogP contribution in [0.1, 0.15) is 75.2 Å². The molecule has 4 amide bonds. The summed E-state index contributed by atoms with van der Waals surface area (Å²) in [7, 11) is 2.63. The molecule has 2 aromatic carbocycles.